The first kappa shape index (κ1) is 13.7. The predicted octanol–water partition coefficient (Wildman–Crippen LogP) is 2.78. The van der Waals surface area contributed by atoms with E-state index < -0.39 is 0 Å². The fourth-order valence-electron chi connectivity index (χ4n) is 2.48. The Balaban J connectivity index is 1.99. The minimum atomic E-state index is 0.336. The summed E-state index contributed by atoms with van der Waals surface area (Å²) in [5.41, 5.74) is 7.57. The first-order valence-corrected chi connectivity index (χ1v) is 6.77. The summed E-state index contributed by atoms with van der Waals surface area (Å²) >= 11 is 6.04. The summed E-state index contributed by atoms with van der Waals surface area (Å²) in [6.07, 6.45) is 1.52. The lowest BCUT2D eigenvalue weighted by Crippen LogP contribution is -2.43. The Hall–Kier alpha value is -0.770. The number of piperidine rings is 1. The van der Waals surface area contributed by atoms with Crippen molar-refractivity contribution < 1.29 is 4.74 Å². The second-order valence-electron chi connectivity index (χ2n) is 5.13. The highest BCUT2D eigenvalue weighted by molar-refractivity contribution is 6.33. The van der Waals surface area contributed by atoms with Crippen LogP contribution in [0.2, 0.25) is 5.02 Å². The molecule has 2 N–H and O–H groups in total. The maximum absolute atomic E-state index is 6.04. The summed E-state index contributed by atoms with van der Waals surface area (Å²) in [6, 6.07) is 5.87. The minimum Gasteiger partial charge on any atom is -0.398 e. The summed E-state index contributed by atoms with van der Waals surface area (Å²) in [6.45, 7) is 5.26. The molecule has 0 amide bonds. The van der Waals surface area contributed by atoms with Crippen LogP contribution in [0.25, 0.3) is 0 Å². The molecule has 0 saturated carbocycles. The number of methoxy groups -OCH3 is 1. The van der Waals surface area contributed by atoms with Crippen molar-refractivity contribution in [1.29, 1.82) is 0 Å². The van der Waals surface area contributed by atoms with Gasteiger partial charge in [-0.3, -0.25) is 4.90 Å². The van der Waals surface area contributed by atoms with Gasteiger partial charge in [-0.1, -0.05) is 24.6 Å². The highest BCUT2D eigenvalue weighted by Crippen LogP contribution is 2.24. The molecule has 0 radical (unpaired) electrons. The van der Waals surface area contributed by atoms with Crippen molar-refractivity contribution in [3.63, 3.8) is 0 Å². The molecule has 2 atom stereocenters. The van der Waals surface area contributed by atoms with E-state index in [9.17, 15) is 0 Å². The SMILES string of the molecule is COC1CN(Cc2ccc(N)c(Cl)c2)CCC1C. The molecule has 3 nitrogen and oxygen atoms in total. The molecule has 1 saturated heterocycles. The van der Waals surface area contributed by atoms with Crippen molar-refractivity contribution in [3.8, 4) is 0 Å². The van der Waals surface area contributed by atoms with Crippen LogP contribution >= 0.6 is 11.6 Å². The zero-order valence-corrected chi connectivity index (χ0v) is 11.8. The lowest BCUT2D eigenvalue weighted by molar-refractivity contribution is -0.00744. The van der Waals surface area contributed by atoms with Gasteiger partial charge in [0, 0.05) is 20.2 Å². The molecule has 0 aromatic heterocycles. The van der Waals surface area contributed by atoms with Crippen LogP contribution in [-0.4, -0.2) is 31.2 Å². The van der Waals surface area contributed by atoms with E-state index in [1.165, 1.54) is 12.0 Å². The van der Waals surface area contributed by atoms with E-state index in [1.54, 1.807) is 7.11 Å². The Morgan fingerprint density at radius 1 is 1.50 bits per heavy atom. The zero-order chi connectivity index (χ0) is 13.1. The molecule has 1 aliphatic rings. The third-order valence-electron chi connectivity index (χ3n) is 3.75. The molecule has 0 spiro atoms. The summed E-state index contributed by atoms with van der Waals surface area (Å²) in [5.74, 6) is 0.640. The van der Waals surface area contributed by atoms with Gasteiger partial charge in [0.15, 0.2) is 0 Å². The molecule has 100 valence electrons. The van der Waals surface area contributed by atoms with E-state index in [-0.39, 0.29) is 0 Å². The van der Waals surface area contributed by atoms with Gasteiger partial charge in [0.25, 0.3) is 0 Å². The monoisotopic (exact) mass is 268 g/mol. The smallest absolute Gasteiger partial charge is 0.0724 e. The van der Waals surface area contributed by atoms with Crippen molar-refractivity contribution in [3.05, 3.63) is 28.8 Å². The van der Waals surface area contributed by atoms with E-state index in [0.717, 1.165) is 19.6 Å². The molecule has 1 fully saturated rings. The van der Waals surface area contributed by atoms with Crippen LogP contribution < -0.4 is 5.73 Å². The molecule has 18 heavy (non-hydrogen) atoms. The van der Waals surface area contributed by atoms with Crippen molar-refractivity contribution in [2.45, 2.75) is 26.0 Å². The summed E-state index contributed by atoms with van der Waals surface area (Å²) in [4.78, 5) is 2.41. The Morgan fingerprint density at radius 2 is 2.28 bits per heavy atom. The lowest BCUT2D eigenvalue weighted by Gasteiger charge is -2.36. The molecule has 1 heterocycles. The van der Waals surface area contributed by atoms with Gasteiger partial charge in [0.1, 0.15) is 0 Å². The van der Waals surface area contributed by atoms with E-state index >= 15 is 0 Å². The van der Waals surface area contributed by atoms with Gasteiger partial charge < -0.3 is 10.5 Å². The van der Waals surface area contributed by atoms with Crippen LogP contribution in [0.3, 0.4) is 0 Å². The fraction of sp³-hybridized carbons (Fsp3) is 0.571. The number of ether oxygens (including phenoxy) is 1. The number of nitrogens with two attached hydrogens (primary N) is 1. The second kappa shape index (κ2) is 5.91. The van der Waals surface area contributed by atoms with E-state index in [1.807, 2.05) is 18.2 Å². The van der Waals surface area contributed by atoms with Crippen LogP contribution in [0, 0.1) is 5.92 Å². The standard InChI is InChI=1S/C14H21ClN2O/c1-10-5-6-17(9-14(10)18-2)8-11-3-4-13(16)12(15)7-11/h3-4,7,10,14H,5-6,8-9,16H2,1-2H3. The number of hydrogen-bond donors (Lipinski definition) is 1. The van der Waals surface area contributed by atoms with Gasteiger partial charge in [-0.25, -0.2) is 0 Å². The van der Waals surface area contributed by atoms with Gasteiger partial charge in [0.2, 0.25) is 0 Å². The topological polar surface area (TPSA) is 38.5 Å². The number of rotatable bonds is 3. The van der Waals surface area contributed by atoms with Crippen LogP contribution in [0.4, 0.5) is 5.69 Å². The first-order chi connectivity index (χ1) is 8.60. The van der Waals surface area contributed by atoms with Gasteiger partial charge in [-0.15, -0.1) is 0 Å². The zero-order valence-electron chi connectivity index (χ0n) is 11.0. The average Bonchev–Trinajstić information content (AvgIpc) is 2.36. The van der Waals surface area contributed by atoms with E-state index in [2.05, 4.69) is 11.8 Å². The number of benzene rings is 1. The summed E-state index contributed by atoms with van der Waals surface area (Å²) < 4.78 is 5.53. The molecule has 0 aliphatic carbocycles. The average molecular weight is 269 g/mol. The van der Waals surface area contributed by atoms with Gasteiger partial charge in [-0.05, 0) is 36.6 Å². The second-order valence-corrected chi connectivity index (χ2v) is 5.54. The Morgan fingerprint density at radius 3 is 2.94 bits per heavy atom. The third kappa shape index (κ3) is 3.16. The highest BCUT2D eigenvalue weighted by Gasteiger charge is 2.25. The van der Waals surface area contributed by atoms with E-state index in [4.69, 9.17) is 22.1 Å². The maximum Gasteiger partial charge on any atom is 0.0724 e. The Bertz CT molecular complexity index is 411. The summed E-state index contributed by atoms with van der Waals surface area (Å²) in [7, 11) is 1.80. The molecule has 1 aliphatic heterocycles. The normalized spacial score (nSPS) is 25.3. The number of anilines is 1. The number of nitrogens with zero attached hydrogens (tertiary/aromatic N) is 1. The molecule has 2 unspecified atom stereocenters. The van der Waals surface area contributed by atoms with Crippen molar-refractivity contribution in [2.24, 2.45) is 5.92 Å². The third-order valence-corrected chi connectivity index (χ3v) is 4.07. The lowest BCUT2D eigenvalue weighted by atomic mass is 9.95. The first-order valence-electron chi connectivity index (χ1n) is 6.39. The number of halogens is 1. The molecule has 4 heteroatoms. The molecule has 1 aromatic carbocycles. The number of nitrogen functional groups attached to an aromatic ring is 1. The highest BCUT2D eigenvalue weighted by atomic mass is 35.5. The van der Waals surface area contributed by atoms with Crippen LogP contribution in [0.15, 0.2) is 18.2 Å². The van der Waals surface area contributed by atoms with Gasteiger partial charge in [-0.2, -0.15) is 0 Å². The molecule has 0 bridgehead atoms. The Kier molecular flexibility index (Phi) is 4.49. The fourth-order valence-corrected chi connectivity index (χ4v) is 2.68. The van der Waals surface area contributed by atoms with Crippen LogP contribution in [0.5, 0.6) is 0 Å². The number of hydrogen-bond acceptors (Lipinski definition) is 3. The maximum atomic E-state index is 6.04. The van der Waals surface area contributed by atoms with Crippen LogP contribution in [-0.2, 0) is 11.3 Å². The predicted molar refractivity (Wildman–Crippen MR) is 75.7 cm³/mol. The summed E-state index contributed by atoms with van der Waals surface area (Å²) in [5, 5.41) is 0.640. The quantitative estimate of drug-likeness (QED) is 0.857. The van der Waals surface area contributed by atoms with Crippen molar-refractivity contribution in [1.82, 2.24) is 4.90 Å². The molecular weight excluding hydrogens is 248 g/mol. The molecule has 2 rings (SSSR count). The van der Waals surface area contributed by atoms with Crippen molar-refractivity contribution in [2.75, 3.05) is 25.9 Å². The minimum absolute atomic E-state index is 0.336. The largest absolute Gasteiger partial charge is 0.398 e. The van der Waals surface area contributed by atoms with Gasteiger partial charge >= 0.3 is 0 Å². The molecular formula is C14H21ClN2O. The van der Waals surface area contributed by atoms with Crippen molar-refractivity contribution >= 4 is 17.3 Å². The molecule has 1 aromatic rings. The number of likely N-dealkylation sites (tertiary alicyclic amines) is 1. The Labute approximate surface area is 114 Å². The van der Waals surface area contributed by atoms with E-state index in [0.29, 0.717) is 22.7 Å². The van der Waals surface area contributed by atoms with Crippen LogP contribution in [0.1, 0.15) is 18.9 Å². The van der Waals surface area contributed by atoms with Gasteiger partial charge in [0.05, 0.1) is 16.8 Å².